The van der Waals surface area contributed by atoms with Gasteiger partial charge in [0.25, 0.3) is 0 Å². The summed E-state index contributed by atoms with van der Waals surface area (Å²) in [6.07, 6.45) is 4.77. The van der Waals surface area contributed by atoms with Gasteiger partial charge in [-0.25, -0.2) is 0 Å². The number of benzene rings is 2. The van der Waals surface area contributed by atoms with Gasteiger partial charge in [-0.15, -0.1) is 0 Å². The number of rotatable bonds is 6. The summed E-state index contributed by atoms with van der Waals surface area (Å²) in [5.74, 6) is 0. The van der Waals surface area contributed by atoms with Crippen LogP contribution in [0.4, 0.5) is 0 Å². The Kier molecular flexibility index (Phi) is 5.85. The van der Waals surface area contributed by atoms with Gasteiger partial charge in [-0.3, -0.25) is 0 Å². The first-order chi connectivity index (χ1) is 9.65. The normalized spacial score (nSPS) is 12.3. The second-order valence-corrected chi connectivity index (χ2v) is 6.90. The Morgan fingerprint density at radius 3 is 2.50 bits per heavy atom. The van der Waals surface area contributed by atoms with Crippen molar-refractivity contribution < 1.29 is 0 Å². The Balaban J connectivity index is 1.80. The van der Waals surface area contributed by atoms with Crippen molar-refractivity contribution in [3.8, 4) is 0 Å². The van der Waals surface area contributed by atoms with Gasteiger partial charge in [0.15, 0.2) is 0 Å². The Hall–Kier alpha value is -1.08. The maximum absolute atomic E-state index is 3.85. The largest absolute Gasteiger partial charge is 0.0887 e. The van der Waals surface area contributed by atoms with Crippen molar-refractivity contribution in [1.82, 2.24) is 0 Å². The molecule has 2 rings (SSSR count). The molecule has 0 nitrogen and oxygen atoms in total. The molecule has 0 N–H and O–H groups in total. The number of aryl methyl sites for hydroxylation is 3. The molecule has 0 aliphatic heterocycles. The van der Waals surface area contributed by atoms with E-state index in [4.69, 9.17) is 0 Å². The van der Waals surface area contributed by atoms with Crippen LogP contribution in [0.2, 0.25) is 0 Å². The molecule has 0 radical (unpaired) electrons. The lowest BCUT2D eigenvalue weighted by Gasteiger charge is -2.12. The summed E-state index contributed by atoms with van der Waals surface area (Å²) >= 11 is 3.85. The van der Waals surface area contributed by atoms with E-state index in [0.29, 0.717) is 4.83 Å². The summed E-state index contributed by atoms with van der Waals surface area (Å²) in [5.41, 5.74) is 5.68. The van der Waals surface area contributed by atoms with Gasteiger partial charge in [0, 0.05) is 4.83 Å². The van der Waals surface area contributed by atoms with Crippen LogP contribution in [0.3, 0.4) is 0 Å². The van der Waals surface area contributed by atoms with Crippen LogP contribution in [0.1, 0.15) is 35.1 Å². The standard InChI is InChI=1S/C19H23Br/c1-15-11-12-16(2)18(13-15)14-19(20)10-6-9-17-7-4-3-5-8-17/h3-5,7-8,11-13,19H,6,9-10,14H2,1-2H3. The molecule has 0 bridgehead atoms. The summed E-state index contributed by atoms with van der Waals surface area (Å²) in [6, 6.07) is 17.5. The fraction of sp³-hybridized carbons (Fsp3) is 0.368. The van der Waals surface area contributed by atoms with E-state index >= 15 is 0 Å². The van der Waals surface area contributed by atoms with Gasteiger partial charge in [-0.1, -0.05) is 70.0 Å². The summed E-state index contributed by atoms with van der Waals surface area (Å²) in [5, 5.41) is 0. The van der Waals surface area contributed by atoms with E-state index in [-0.39, 0.29) is 0 Å². The highest BCUT2D eigenvalue weighted by Gasteiger charge is 2.08. The minimum Gasteiger partial charge on any atom is -0.0887 e. The van der Waals surface area contributed by atoms with Gasteiger partial charge in [0.1, 0.15) is 0 Å². The SMILES string of the molecule is Cc1ccc(C)c(CC(Br)CCCc2ccccc2)c1. The van der Waals surface area contributed by atoms with Crippen LogP contribution in [-0.4, -0.2) is 4.83 Å². The Labute approximate surface area is 131 Å². The lowest BCUT2D eigenvalue weighted by atomic mass is 9.99. The molecule has 0 saturated carbocycles. The molecule has 2 aromatic carbocycles. The van der Waals surface area contributed by atoms with Crippen molar-refractivity contribution in [3.63, 3.8) is 0 Å². The predicted molar refractivity (Wildman–Crippen MR) is 91.7 cm³/mol. The van der Waals surface area contributed by atoms with Crippen LogP contribution in [-0.2, 0) is 12.8 Å². The van der Waals surface area contributed by atoms with Crippen molar-refractivity contribution in [2.45, 2.75) is 44.4 Å². The minimum atomic E-state index is 0.576. The van der Waals surface area contributed by atoms with Gasteiger partial charge in [0.2, 0.25) is 0 Å². The molecule has 1 atom stereocenters. The summed E-state index contributed by atoms with van der Waals surface area (Å²) in [4.78, 5) is 0.576. The maximum Gasteiger partial charge on any atom is 0.0186 e. The smallest absolute Gasteiger partial charge is 0.0186 e. The monoisotopic (exact) mass is 330 g/mol. The predicted octanol–water partition coefficient (Wildman–Crippen LogP) is 5.63. The first kappa shape index (κ1) is 15.3. The van der Waals surface area contributed by atoms with Gasteiger partial charge in [-0.2, -0.15) is 0 Å². The second kappa shape index (κ2) is 7.64. The van der Waals surface area contributed by atoms with Crippen molar-refractivity contribution in [2.24, 2.45) is 0 Å². The Morgan fingerprint density at radius 1 is 1.00 bits per heavy atom. The molecule has 1 unspecified atom stereocenters. The van der Waals surface area contributed by atoms with Crippen LogP contribution in [0.5, 0.6) is 0 Å². The Morgan fingerprint density at radius 2 is 1.75 bits per heavy atom. The molecule has 0 aliphatic rings. The topological polar surface area (TPSA) is 0 Å². The second-order valence-electron chi connectivity index (χ2n) is 5.61. The molecule has 0 aliphatic carbocycles. The molecule has 0 spiro atoms. The number of hydrogen-bond acceptors (Lipinski definition) is 0. The highest BCUT2D eigenvalue weighted by atomic mass is 79.9. The fourth-order valence-electron chi connectivity index (χ4n) is 2.53. The van der Waals surface area contributed by atoms with E-state index in [2.05, 4.69) is 78.3 Å². The molecule has 0 amide bonds. The van der Waals surface area contributed by atoms with Crippen LogP contribution < -0.4 is 0 Å². The zero-order valence-electron chi connectivity index (χ0n) is 12.4. The van der Waals surface area contributed by atoms with E-state index in [0.717, 1.165) is 6.42 Å². The van der Waals surface area contributed by atoms with E-state index in [1.807, 2.05) is 0 Å². The molecule has 106 valence electrons. The maximum atomic E-state index is 3.85. The van der Waals surface area contributed by atoms with Gasteiger partial charge < -0.3 is 0 Å². The molecule has 0 aromatic heterocycles. The van der Waals surface area contributed by atoms with Crippen molar-refractivity contribution >= 4 is 15.9 Å². The number of hydrogen-bond donors (Lipinski definition) is 0. The summed E-state index contributed by atoms with van der Waals surface area (Å²) in [6.45, 7) is 4.38. The zero-order valence-corrected chi connectivity index (χ0v) is 14.0. The van der Waals surface area contributed by atoms with E-state index in [9.17, 15) is 0 Å². The third-order valence-electron chi connectivity index (χ3n) is 3.77. The average Bonchev–Trinajstić information content (AvgIpc) is 2.44. The quantitative estimate of drug-likeness (QED) is 0.602. The average molecular weight is 331 g/mol. The van der Waals surface area contributed by atoms with Gasteiger partial charge in [0.05, 0.1) is 0 Å². The molecule has 0 heterocycles. The van der Waals surface area contributed by atoms with Gasteiger partial charge in [-0.05, 0) is 56.2 Å². The Bertz CT molecular complexity index is 531. The summed E-state index contributed by atoms with van der Waals surface area (Å²) in [7, 11) is 0. The van der Waals surface area contributed by atoms with E-state index in [1.54, 1.807) is 0 Å². The third kappa shape index (κ3) is 4.79. The van der Waals surface area contributed by atoms with E-state index in [1.165, 1.54) is 41.5 Å². The lowest BCUT2D eigenvalue weighted by Crippen LogP contribution is -2.05. The molecule has 0 saturated heterocycles. The first-order valence-electron chi connectivity index (χ1n) is 7.39. The molecular weight excluding hydrogens is 308 g/mol. The minimum absolute atomic E-state index is 0.576. The summed E-state index contributed by atoms with van der Waals surface area (Å²) < 4.78 is 0. The molecular formula is C19H23Br. The van der Waals surface area contributed by atoms with Gasteiger partial charge >= 0.3 is 0 Å². The zero-order chi connectivity index (χ0) is 14.4. The van der Waals surface area contributed by atoms with Crippen molar-refractivity contribution in [3.05, 3.63) is 70.8 Å². The number of halogens is 1. The van der Waals surface area contributed by atoms with Crippen LogP contribution in [0.15, 0.2) is 48.5 Å². The fourth-order valence-corrected chi connectivity index (χ4v) is 3.21. The highest BCUT2D eigenvalue weighted by molar-refractivity contribution is 9.09. The van der Waals surface area contributed by atoms with Crippen molar-refractivity contribution in [2.75, 3.05) is 0 Å². The third-order valence-corrected chi connectivity index (χ3v) is 4.55. The molecule has 0 fully saturated rings. The number of alkyl halides is 1. The molecule has 20 heavy (non-hydrogen) atoms. The van der Waals surface area contributed by atoms with Crippen LogP contribution in [0.25, 0.3) is 0 Å². The van der Waals surface area contributed by atoms with Crippen LogP contribution in [0, 0.1) is 13.8 Å². The lowest BCUT2D eigenvalue weighted by molar-refractivity contribution is 0.699. The molecule has 2 aromatic rings. The first-order valence-corrected chi connectivity index (χ1v) is 8.31. The molecule has 1 heteroatoms. The van der Waals surface area contributed by atoms with E-state index < -0.39 is 0 Å². The van der Waals surface area contributed by atoms with Crippen molar-refractivity contribution in [1.29, 1.82) is 0 Å². The van der Waals surface area contributed by atoms with Crippen LogP contribution >= 0.6 is 15.9 Å². The highest BCUT2D eigenvalue weighted by Crippen LogP contribution is 2.20.